The fourth-order valence-corrected chi connectivity index (χ4v) is 1.10. The van der Waals surface area contributed by atoms with Crippen molar-refractivity contribution < 1.29 is 22.9 Å². The zero-order valence-corrected chi connectivity index (χ0v) is 10.1. The minimum atomic E-state index is -0.161. The molecule has 0 unspecified atom stereocenters. The minimum Gasteiger partial charge on any atom is -1.00 e. The maximum Gasteiger partial charge on any atom is 0.271 e. The monoisotopic (exact) mass is 244 g/mol. The molecule has 0 fully saturated rings. The third-order valence-electron chi connectivity index (χ3n) is 1.98. The van der Waals surface area contributed by atoms with Crippen molar-refractivity contribution in [2.45, 2.75) is 19.8 Å². The fourth-order valence-electron chi connectivity index (χ4n) is 1.10. The average molecular weight is 245 g/mol. The van der Waals surface area contributed by atoms with E-state index in [1.165, 1.54) is 6.20 Å². The number of unbranched alkanes of at least 4 members (excludes halogenated alkanes) is 1. The lowest BCUT2D eigenvalue weighted by atomic mass is 10.3. The van der Waals surface area contributed by atoms with E-state index in [1.807, 2.05) is 6.92 Å². The van der Waals surface area contributed by atoms with E-state index in [0.717, 1.165) is 25.1 Å². The third kappa shape index (κ3) is 5.04. The molecule has 0 saturated heterocycles. The maximum atomic E-state index is 11.5. The van der Waals surface area contributed by atoms with Crippen LogP contribution in [-0.2, 0) is 0 Å². The molecule has 1 heterocycles. The number of halogens is 1. The van der Waals surface area contributed by atoms with Gasteiger partial charge in [0.15, 0.2) is 0 Å². The third-order valence-corrected chi connectivity index (χ3v) is 1.98. The van der Waals surface area contributed by atoms with Crippen LogP contribution in [-0.4, -0.2) is 29.0 Å². The summed E-state index contributed by atoms with van der Waals surface area (Å²) < 4.78 is 0. The number of carbonyl (C=O) groups is 1. The molecule has 0 atom stereocenters. The van der Waals surface area contributed by atoms with Crippen molar-refractivity contribution in [2.75, 3.05) is 13.1 Å². The molecule has 0 saturated carbocycles. The van der Waals surface area contributed by atoms with Crippen LogP contribution < -0.4 is 23.5 Å². The number of hydrogen-bond donors (Lipinski definition) is 2. The topological polar surface area (TPSA) is 82.5 Å². The number of nitrogens with zero attached hydrogens (tertiary/aromatic N) is 2. The second kappa shape index (κ2) is 8.01. The first-order valence-electron chi connectivity index (χ1n) is 5.10. The highest BCUT2D eigenvalue weighted by Crippen LogP contribution is 1.94. The number of nitrogens with one attached hydrogen (secondary N) is 1. The highest BCUT2D eigenvalue weighted by atomic mass is 35.5. The molecule has 0 aliphatic heterocycles. The Morgan fingerprint density at radius 3 is 2.69 bits per heavy atom. The average Bonchev–Trinajstić information content (AvgIpc) is 2.25. The Labute approximate surface area is 101 Å². The molecule has 5 nitrogen and oxygen atoms in total. The van der Waals surface area contributed by atoms with E-state index in [9.17, 15) is 4.79 Å². The number of quaternary nitrogens is 1. The van der Waals surface area contributed by atoms with Gasteiger partial charge in [-0.05, 0) is 19.8 Å². The lowest BCUT2D eigenvalue weighted by Crippen LogP contribution is -3.00. The second-order valence-electron chi connectivity index (χ2n) is 3.36. The summed E-state index contributed by atoms with van der Waals surface area (Å²) in [6.07, 6.45) is 5.06. The van der Waals surface area contributed by atoms with E-state index in [0.29, 0.717) is 12.2 Å². The standard InChI is InChI=1S/C10H16N4O.ClH/c1-8-6-14-9(7-13-8)10(15)12-5-3-2-4-11;/h6-7H,2-5,11H2,1H3,(H,12,15);1H. The van der Waals surface area contributed by atoms with E-state index in [4.69, 9.17) is 0 Å². The summed E-state index contributed by atoms with van der Waals surface area (Å²) in [4.78, 5) is 19.5. The number of carbonyl (C=O) groups excluding carboxylic acids is 1. The van der Waals surface area contributed by atoms with Gasteiger partial charge in [0.05, 0.1) is 18.4 Å². The summed E-state index contributed by atoms with van der Waals surface area (Å²) in [5.41, 5.74) is 4.91. The molecule has 1 rings (SSSR count). The summed E-state index contributed by atoms with van der Waals surface area (Å²) >= 11 is 0. The molecule has 0 aliphatic rings. The first kappa shape index (κ1) is 14.8. The van der Waals surface area contributed by atoms with Crippen molar-refractivity contribution in [3.8, 4) is 0 Å². The number of hydrogen-bond acceptors (Lipinski definition) is 3. The van der Waals surface area contributed by atoms with Gasteiger partial charge in [0.2, 0.25) is 0 Å². The van der Waals surface area contributed by atoms with Crippen LogP contribution in [0.15, 0.2) is 12.4 Å². The first-order chi connectivity index (χ1) is 7.24. The van der Waals surface area contributed by atoms with Crippen molar-refractivity contribution in [3.05, 3.63) is 23.8 Å². The predicted molar refractivity (Wildman–Crippen MR) is 56.1 cm³/mol. The maximum absolute atomic E-state index is 11.5. The minimum absolute atomic E-state index is 0. The van der Waals surface area contributed by atoms with Crippen LogP contribution in [0.1, 0.15) is 29.0 Å². The van der Waals surface area contributed by atoms with Crippen LogP contribution in [0.4, 0.5) is 0 Å². The second-order valence-corrected chi connectivity index (χ2v) is 3.36. The number of aromatic nitrogens is 2. The Balaban J connectivity index is 0.00000225. The zero-order valence-electron chi connectivity index (χ0n) is 9.37. The van der Waals surface area contributed by atoms with Crippen LogP contribution in [0.2, 0.25) is 0 Å². The van der Waals surface area contributed by atoms with Gasteiger partial charge in [-0.2, -0.15) is 0 Å². The van der Waals surface area contributed by atoms with Gasteiger partial charge in [-0.1, -0.05) is 0 Å². The molecule has 1 amide bonds. The van der Waals surface area contributed by atoms with Crippen LogP contribution in [0.5, 0.6) is 0 Å². The molecule has 0 aliphatic carbocycles. The Kier molecular flexibility index (Phi) is 7.41. The number of aryl methyl sites for hydroxylation is 1. The van der Waals surface area contributed by atoms with E-state index in [1.54, 1.807) is 6.20 Å². The van der Waals surface area contributed by atoms with E-state index in [2.05, 4.69) is 21.0 Å². The van der Waals surface area contributed by atoms with Gasteiger partial charge < -0.3 is 23.5 Å². The summed E-state index contributed by atoms with van der Waals surface area (Å²) in [5, 5.41) is 2.78. The normalized spacial score (nSPS) is 9.38. The Morgan fingerprint density at radius 1 is 1.38 bits per heavy atom. The van der Waals surface area contributed by atoms with Gasteiger partial charge in [0, 0.05) is 12.7 Å². The number of rotatable bonds is 5. The number of amides is 1. The molecule has 0 aromatic carbocycles. The quantitative estimate of drug-likeness (QED) is 0.529. The van der Waals surface area contributed by atoms with Gasteiger partial charge in [0.25, 0.3) is 5.91 Å². The molecule has 1 aromatic heterocycles. The van der Waals surface area contributed by atoms with E-state index < -0.39 is 0 Å². The van der Waals surface area contributed by atoms with E-state index >= 15 is 0 Å². The van der Waals surface area contributed by atoms with Crippen molar-refractivity contribution in [3.63, 3.8) is 0 Å². The lowest BCUT2D eigenvalue weighted by molar-refractivity contribution is -0.368. The predicted octanol–water partition coefficient (Wildman–Crippen LogP) is -3.46. The van der Waals surface area contributed by atoms with Gasteiger partial charge >= 0.3 is 0 Å². The summed E-state index contributed by atoms with van der Waals surface area (Å²) in [6, 6.07) is 0. The summed E-state index contributed by atoms with van der Waals surface area (Å²) in [5.74, 6) is -0.161. The molecule has 0 spiro atoms. The van der Waals surface area contributed by atoms with Crippen LogP contribution in [0, 0.1) is 6.92 Å². The molecule has 0 bridgehead atoms. The molecule has 6 heteroatoms. The molecular weight excluding hydrogens is 228 g/mol. The lowest BCUT2D eigenvalue weighted by Gasteiger charge is -2.03. The van der Waals surface area contributed by atoms with Crippen LogP contribution in [0.3, 0.4) is 0 Å². The molecule has 16 heavy (non-hydrogen) atoms. The van der Waals surface area contributed by atoms with E-state index in [-0.39, 0.29) is 18.3 Å². The highest BCUT2D eigenvalue weighted by molar-refractivity contribution is 5.91. The zero-order chi connectivity index (χ0) is 11.1. The van der Waals surface area contributed by atoms with Crippen molar-refractivity contribution in [1.82, 2.24) is 15.3 Å². The van der Waals surface area contributed by atoms with Gasteiger partial charge in [-0.3, -0.25) is 9.78 Å². The van der Waals surface area contributed by atoms with Crippen molar-refractivity contribution in [2.24, 2.45) is 0 Å². The molecule has 90 valence electrons. The Morgan fingerprint density at radius 2 is 2.12 bits per heavy atom. The van der Waals surface area contributed by atoms with Gasteiger partial charge in [-0.15, -0.1) is 0 Å². The van der Waals surface area contributed by atoms with Crippen LogP contribution >= 0.6 is 0 Å². The van der Waals surface area contributed by atoms with Crippen molar-refractivity contribution >= 4 is 5.91 Å². The smallest absolute Gasteiger partial charge is 0.271 e. The van der Waals surface area contributed by atoms with Gasteiger partial charge in [-0.25, -0.2) is 4.98 Å². The Hall–Kier alpha value is -1.20. The molecule has 4 N–H and O–H groups in total. The first-order valence-corrected chi connectivity index (χ1v) is 5.10. The van der Waals surface area contributed by atoms with Crippen molar-refractivity contribution in [1.29, 1.82) is 0 Å². The van der Waals surface area contributed by atoms with Gasteiger partial charge in [0.1, 0.15) is 5.69 Å². The molecular formula is C10H17ClN4O. The fraction of sp³-hybridized carbons (Fsp3) is 0.500. The van der Waals surface area contributed by atoms with Crippen LogP contribution in [0.25, 0.3) is 0 Å². The molecule has 0 radical (unpaired) electrons. The Bertz CT molecular complexity index is 315. The summed E-state index contributed by atoms with van der Waals surface area (Å²) in [6.45, 7) is 3.41. The molecule has 1 aromatic rings. The largest absolute Gasteiger partial charge is 1.00 e. The SMILES string of the molecule is Cc1cnc(C(=O)NCCCC[NH3+])cn1.[Cl-]. The summed E-state index contributed by atoms with van der Waals surface area (Å²) in [7, 11) is 0. The highest BCUT2D eigenvalue weighted by Gasteiger charge is 2.05.